The fourth-order valence-electron chi connectivity index (χ4n) is 3.81. The van der Waals surface area contributed by atoms with Crippen molar-refractivity contribution in [2.45, 2.75) is 25.3 Å². The molecule has 1 aromatic heterocycles. The molecule has 9 nitrogen and oxygen atoms in total. The van der Waals surface area contributed by atoms with E-state index in [2.05, 4.69) is 15.6 Å². The summed E-state index contributed by atoms with van der Waals surface area (Å²) >= 11 is 0. The number of aromatic nitrogens is 2. The van der Waals surface area contributed by atoms with Crippen molar-refractivity contribution in [3.8, 4) is 5.75 Å². The number of nitrogens with one attached hydrogen (secondary N) is 3. The highest BCUT2D eigenvalue weighted by molar-refractivity contribution is 6.04. The standard InChI is InChI=1S/C23H22N4O5/c1-32-17-10-6-5-9-16(17)24-21(29)15-13-18(28)25-20-19(15)22(30)26-23(31)27(20)12-11-14-7-3-2-4-8-14/h2-10,15H,11-13H2,1H3,(H,24,29)(H,25,28)(H,26,30,31). The molecule has 0 spiro atoms. The number of anilines is 2. The molecule has 1 aliphatic rings. The van der Waals surface area contributed by atoms with Gasteiger partial charge in [0.25, 0.3) is 5.56 Å². The fourth-order valence-corrected chi connectivity index (χ4v) is 3.81. The molecule has 1 unspecified atom stereocenters. The molecule has 2 heterocycles. The molecule has 4 rings (SSSR count). The first-order valence-corrected chi connectivity index (χ1v) is 10.1. The van der Waals surface area contributed by atoms with Crippen molar-refractivity contribution in [3.63, 3.8) is 0 Å². The monoisotopic (exact) mass is 434 g/mol. The number of rotatable bonds is 6. The smallest absolute Gasteiger partial charge is 0.329 e. The number of methoxy groups -OCH3 is 1. The van der Waals surface area contributed by atoms with Gasteiger partial charge >= 0.3 is 5.69 Å². The Labute approximate surface area is 183 Å². The predicted molar refractivity (Wildman–Crippen MR) is 119 cm³/mol. The molecular formula is C23H22N4O5. The topological polar surface area (TPSA) is 122 Å². The van der Waals surface area contributed by atoms with Crippen LogP contribution in [0.25, 0.3) is 0 Å². The van der Waals surface area contributed by atoms with Gasteiger partial charge in [0.15, 0.2) is 0 Å². The van der Waals surface area contributed by atoms with Crippen LogP contribution in [0.4, 0.5) is 11.5 Å². The molecule has 2 aromatic carbocycles. The first-order chi connectivity index (χ1) is 15.5. The van der Waals surface area contributed by atoms with Crippen molar-refractivity contribution in [1.82, 2.24) is 9.55 Å². The number of H-pyrrole nitrogens is 1. The van der Waals surface area contributed by atoms with Gasteiger partial charge in [-0.15, -0.1) is 0 Å². The number of carbonyl (C=O) groups is 2. The second-order valence-electron chi connectivity index (χ2n) is 7.40. The molecule has 2 amide bonds. The van der Waals surface area contributed by atoms with E-state index in [-0.39, 0.29) is 24.3 Å². The lowest BCUT2D eigenvalue weighted by atomic mass is 9.92. The van der Waals surface area contributed by atoms with E-state index in [4.69, 9.17) is 4.74 Å². The highest BCUT2D eigenvalue weighted by Crippen LogP contribution is 2.31. The summed E-state index contributed by atoms with van der Waals surface area (Å²) in [5.41, 5.74) is 0.134. The number of benzene rings is 2. The number of hydrogen-bond acceptors (Lipinski definition) is 5. The molecule has 0 aliphatic carbocycles. The molecule has 164 valence electrons. The third kappa shape index (κ3) is 4.18. The van der Waals surface area contributed by atoms with Gasteiger partial charge in [-0.3, -0.25) is 23.9 Å². The van der Waals surface area contributed by atoms with Crippen molar-refractivity contribution in [2.75, 3.05) is 17.7 Å². The van der Waals surface area contributed by atoms with Crippen LogP contribution in [-0.4, -0.2) is 28.5 Å². The van der Waals surface area contributed by atoms with Crippen LogP contribution in [0.2, 0.25) is 0 Å². The van der Waals surface area contributed by atoms with Crippen LogP contribution < -0.4 is 26.6 Å². The Kier molecular flexibility index (Phi) is 5.89. The summed E-state index contributed by atoms with van der Waals surface area (Å²) < 4.78 is 6.55. The molecule has 0 saturated carbocycles. The maximum absolute atomic E-state index is 13.1. The average Bonchev–Trinajstić information content (AvgIpc) is 2.79. The van der Waals surface area contributed by atoms with E-state index in [1.165, 1.54) is 11.7 Å². The van der Waals surface area contributed by atoms with Gasteiger partial charge < -0.3 is 15.4 Å². The highest BCUT2D eigenvalue weighted by atomic mass is 16.5. The van der Waals surface area contributed by atoms with Gasteiger partial charge in [-0.25, -0.2) is 4.79 Å². The second-order valence-corrected chi connectivity index (χ2v) is 7.40. The number of nitrogens with zero attached hydrogens (tertiary/aromatic N) is 1. The molecule has 0 radical (unpaired) electrons. The zero-order valence-electron chi connectivity index (χ0n) is 17.4. The summed E-state index contributed by atoms with van der Waals surface area (Å²) in [6.07, 6.45) is 0.293. The minimum atomic E-state index is -1.06. The number of aromatic amines is 1. The van der Waals surface area contributed by atoms with Crippen LogP contribution in [0.5, 0.6) is 5.75 Å². The summed E-state index contributed by atoms with van der Waals surface area (Å²) in [4.78, 5) is 53.0. The predicted octanol–water partition coefficient (Wildman–Crippen LogP) is 1.85. The van der Waals surface area contributed by atoms with E-state index < -0.39 is 29.0 Å². The zero-order valence-corrected chi connectivity index (χ0v) is 17.4. The molecule has 3 aromatic rings. The molecule has 0 fully saturated rings. The molecular weight excluding hydrogens is 412 g/mol. The summed E-state index contributed by atoms with van der Waals surface area (Å²) in [6, 6.07) is 16.3. The average molecular weight is 434 g/mol. The summed E-state index contributed by atoms with van der Waals surface area (Å²) in [5, 5.41) is 5.34. The van der Waals surface area contributed by atoms with Gasteiger partial charge in [0.1, 0.15) is 11.6 Å². The van der Waals surface area contributed by atoms with Crippen molar-refractivity contribution in [2.24, 2.45) is 0 Å². The minimum absolute atomic E-state index is 0.0599. The number of amides is 2. The molecule has 9 heteroatoms. The normalized spacial score (nSPS) is 14.9. The van der Waals surface area contributed by atoms with Crippen molar-refractivity contribution >= 4 is 23.3 Å². The second kappa shape index (κ2) is 8.93. The Morgan fingerprint density at radius 1 is 1.09 bits per heavy atom. The van der Waals surface area contributed by atoms with Gasteiger partial charge in [-0.05, 0) is 24.1 Å². The number of hydrogen-bond donors (Lipinski definition) is 3. The van der Waals surface area contributed by atoms with E-state index >= 15 is 0 Å². The maximum Gasteiger partial charge on any atom is 0.329 e. The van der Waals surface area contributed by atoms with Gasteiger partial charge in [0.2, 0.25) is 11.8 Å². The summed E-state index contributed by atoms with van der Waals surface area (Å²) in [5.74, 6) is -1.54. The van der Waals surface area contributed by atoms with Gasteiger partial charge in [0.05, 0.1) is 24.3 Å². The van der Waals surface area contributed by atoms with E-state index in [0.29, 0.717) is 17.9 Å². The molecule has 3 N–H and O–H groups in total. The lowest BCUT2D eigenvalue weighted by Gasteiger charge is -2.26. The van der Waals surface area contributed by atoms with Gasteiger partial charge in [0, 0.05) is 13.0 Å². The quantitative estimate of drug-likeness (QED) is 0.547. The molecule has 1 aliphatic heterocycles. The SMILES string of the molecule is COc1ccccc1NC(=O)C1CC(=O)Nc2c1c(=O)[nH]c(=O)n2CCc1ccccc1. The van der Waals surface area contributed by atoms with Gasteiger partial charge in [-0.1, -0.05) is 42.5 Å². The molecule has 0 saturated heterocycles. The van der Waals surface area contributed by atoms with Crippen molar-refractivity contribution in [1.29, 1.82) is 0 Å². The number of fused-ring (bicyclic) bond motifs is 1. The molecule has 1 atom stereocenters. The van der Waals surface area contributed by atoms with Crippen LogP contribution in [0.15, 0.2) is 64.2 Å². The Morgan fingerprint density at radius 3 is 2.56 bits per heavy atom. The van der Waals surface area contributed by atoms with Gasteiger partial charge in [-0.2, -0.15) is 0 Å². The zero-order chi connectivity index (χ0) is 22.7. The number of aryl methyl sites for hydroxylation is 1. The van der Waals surface area contributed by atoms with Crippen LogP contribution in [-0.2, 0) is 22.6 Å². The Balaban J connectivity index is 1.70. The van der Waals surface area contributed by atoms with Crippen LogP contribution in [0.3, 0.4) is 0 Å². The van der Waals surface area contributed by atoms with E-state index in [1.807, 2.05) is 30.3 Å². The van der Waals surface area contributed by atoms with Crippen LogP contribution >= 0.6 is 0 Å². The molecule has 32 heavy (non-hydrogen) atoms. The van der Waals surface area contributed by atoms with Crippen molar-refractivity contribution < 1.29 is 14.3 Å². The highest BCUT2D eigenvalue weighted by Gasteiger charge is 2.35. The summed E-state index contributed by atoms with van der Waals surface area (Å²) in [6.45, 7) is 0.225. The fraction of sp³-hybridized carbons (Fsp3) is 0.217. The van der Waals surface area contributed by atoms with Crippen LogP contribution in [0.1, 0.15) is 23.5 Å². The molecule has 0 bridgehead atoms. The lowest BCUT2D eigenvalue weighted by molar-refractivity contribution is -0.123. The largest absolute Gasteiger partial charge is 0.495 e. The lowest BCUT2D eigenvalue weighted by Crippen LogP contribution is -2.42. The number of para-hydroxylation sites is 2. The van der Waals surface area contributed by atoms with Crippen LogP contribution in [0, 0.1) is 0 Å². The number of ether oxygens (including phenoxy) is 1. The number of carbonyl (C=O) groups excluding carboxylic acids is 2. The van der Waals surface area contributed by atoms with E-state index in [1.54, 1.807) is 24.3 Å². The van der Waals surface area contributed by atoms with E-state index in [9.17, 15) is 19.2 Å². The van der Waals surface area contributed by atoms with Crippen molar-refractivity contribution in [3.05, 3.63) is 86.6 Å². The first-order valence-electron chi connectivity index (χ1n) is 10.1. The third-order valence-electron chi connectivity index (χ3n) is 5.38. The minimum Gasteiger partial charge on any atom is -0.495 e. The van der Waals surface area contributed by atoms with E-state index in [0.717, 1.165) is 5.56 Å². The Bertz CT molecular complexity index is 1280. The Hall–Kier alpha value is -4.14. The first kappa shape index (κ1) is 21.1. The third-order valence-corrected chi connectivity index (χ3v) is 5.38. The summed E-state index contributed by atoms with van der Waals surface area (Å²) in [7, 11) is 1.48. The Morgan fingerprint density at radius 2 is 1.81 bits per heavy atom. The maximum atomic E-state index is 13.1.